The lowest BCUT2D eigenvalue weighted by atomic mass is 9.87. The minimum absolute atomic E-state index is 0.00588. The summed E-state index contributed by atoms with van der Waals surface area (Å²) in [6.45, 7) is 10.8. The van der Waals surface area contributed by atoms with E-state index in [9.17, 15) is 8.42 Å². The Morgan fingerprint density at radius 1 is 1.23 bits per heavy atom. The molecule has 1 aromatic heterocycles. The van der Waals surface area contributed by atoms with Crippen molar-refractivity contribution in [2.24, 2.45) is 0 Å². The molecule has 1 aliphatic rings. The molecule has 3 rings (SSSR count). The van der Waals surface area contributed by atoms with Crippen LogP contribution in [0.4, 0.5) is 0 Å². The number of hydrogen-bond acceptors (Lipinski definition) is 4. The van der Waals surface area contributed by atoms with Gasteiger partial charge in [0, 0.05) is 18.5 Å². The van der Waals surface area contributed by atoms with E-state index in [1.807, 2.05) is 26.0 Å². The zero-order chi connectivity index (χ0) is 19.1. The lowest BCUT2D eigenvalue weighted by Gasteiger charge is -2.25. The van der Waals surface area contributed by atoms with Crippen LogP contribution in [0.5, 0.6) is 0 Å². The molecule has 0 radical (unpaired) electrons. The number of rotatable bonds is 4. The molecule has 26 heavy (non-hydrogen) atoms. The van der Waals surface area contributed by atoms with Crippen molar-refractivity contribution in [3.63, 3.8) is 0 Å². The zero-order valence-corrected chi connectivity index (χ0v) is 17.1. The Morgan fingerprint density at radius 3 is 2.46 bits per heavy atom. The maximum atomic E-state index is 13.3. The Morgan fingerprint density at radius 2 is 1.88 bits per heavy atom. The Labute approximate surface area is 156 Å². The molecule has 6 heteroatoms. The van der Waals surface area contributed by atoms with E-state index in [0.717, 1.165) is 35.4 Å². The molecule has 1 aromatic carbocycles. The van der Waals surface area contributed by atoms with E-state index < -0.39 is 10.0 Å². The maximum absolute atomic E-state index is 13.3. The molecule has 1 saturated heterocycles. The van der Waals surface area contributed by atoms with E-state index in [4.69, 9.17) is 4.52 Å². The number of nitrogens with zero attached hydrogens (tertiary/aromatic N) is 2. The molecule has 1 aliphatic heterocycles. The molecule has 1 atom stereocenters. The van der Waals surface area contributed by atoms with Crippen LogP contribution in [0.25, 0.3) is 0 Å². The lowest BCUT2D eigenvalue weighted by Crippen LogP contribution is -2.31. The molecular weight excluding hydrogens is 348 g/mol. The first-order chi connectivity index (χ1) is 12.2. The fourth-order valence-corrected chi connectivity index (χ4v) is 5.35. The van der Waals surface area contributed by atoms with Crippen LogP contribution in [0.3, 0.4) is 0 Å². The van der Waals surface area contributed by atoms with Crippen molar-refractivity contribution in [3.05, 3.63) is 46.8 Å². The second-order valence-electron chi connectivity index (χ2n) is 8.01. The van der Waals surface area contributed by atoms with Gasteiger partial charge in [-0.3, -0.25) is 0 Å². The first-order valence-electron chi connectivity index (χ1n) is 9.23. The molecule has 2 aromatic rings. The molecule has 0 amide bonds. The quantitative estimate of drug-likeness (QED) is 0.795. The van der Waals surface area contributed by atoms with Crippen LogP contribution in [0.2, 0.25) is 0 Å². The third-order valence-corrected chi connectivity index (χ3v) is 7.09. The Bertz CT molecular complexity index is 877. The van der Waals surface area contributed by atoms with Crippen LogP contribution in [-0.2, 0) is 21.9 Å². The Kier molecular flexibility index (Phi) is 5.01. The minimum atomic E-state index is -3.55. The summed E-state index contributed by atoms with van der Waals surface area (Å²) in [5.41, 5.74) is 2.85. The zero-order valence-electron chi connectivity index (χ0n) is 16.2. The first kappa shape index (κ1) is 19.1. The third kappa shape index (κ3) is 3.32. The summed E-state index contributed by atoms with van der Waals surface area (Å²) in [4.78, 5) is 0.351. The number of sulfonamides is 1. The molecule has 0 saturated carbocycles. The van der Waals surface area contributed by atoms with Gasteiger partial charge in [0.25, 0.3) is 0 Å². The van der Waals surface area contributed by atoms with Gasteiger partial charge in [-0.25, -0.2) is 8.42 Å². The highest BCUT2D eigenvalue weighted by atomic mass is 32.2. The van der Waals surface area contributed by atoms with Gasteiger partial charge >= 0.3 is 0 Å². The highest BCUT2D eigenvalue weighted by Crippen LogP contribution is 2.39. The van der Waals surface area contributed by atoms with Gasteiger partial charge in [0.1, 0.15) is 5.76 Å². The van der Waals surface area contributed by atoms with Gasteiger partial charge in [0.05, 0.1) is 16.6 Å². The average Bonchev–Trinajstić information content (AvgIpc) is 3.20. The number of hydrogen-bond donors (Lipinski definition) is 0. The Hall–Kier alpha value is -1.66. The van der Waals surface area contributed by atoms with Gasteiger partial charge in [-0.05, 0) is 42.9 Å². The van der Waals surface area contributed by atoms with Gasteiger partial charge < -0.3 is 4.52 Å². The monoisotopic (exact) mass is 376 g/mol. The molecule has 2 heterocycles. The summed E-state index contributed by atoms with van der Waals surface area (Å²) in [6.07, 6.45) is 2.35. The fraction of sp³-hybridized carbons (Fsp3) is 0.550. The molecule has 0 N–H and O–H groups in total. The normalized spacial score (nSPS) is 19.2. The van der Waals surface area contributed by atoms with Crippen LogP contribution >= 0.6 is 0 Å². The predicted octanol–water partition coefficient (Wildman–Crippen LogP) is 4.37. The number of aryl methyl sites for hydroxylation is 2. The van der Waals surface area contributed by atoms with Crippen LogP contribution < -0.4 is 0 Å². The van der Waals surface area contributed by atoms with E-state index >= 15 is 0 Å². The molecule has 142 valence electrons. The number of benzene rings is 1. The molecule has 0 bridgehead atoms. The third-order valence-electron chi connectivity index (χ3n) is 5.17. The first-order valence-corrected chi connectivity index (χ1v) is 10.7. The fourth-order valence-electron chi connectivity index (χ4n) is 3.68. The second-order valence-corrected chi connectivity index (χ2v) is 9.90. The average molecular weight is 377 g/mol. The van der Waals surface area contributed by atoms with E-state index in [1.54, 1.807) is 16.4 Å². The highest BCUT2D eigenvalue weighted by Gasteiger charge is 2.39. The lowest BCUT2D eigenvalue weighted by molar-refractivity contribution is 0.368. The number of aromatic nitrogens is 1. The van der Waals surface area contributed by atoms with Gasteiger partial charge in [-0.2, -0.15) is 4.31 Å². The molecule has 0 aliphatic carbocycles. The van der Waals surface area contributed by atoms with Crippen molar-refractivity contribution in [1.82, 2.24) is 9.46 Å². The van der Waals surface area contributed by atoms with Crippen LogP contribution in [0.15, 0.2) is 33.7 Å². The maximum Gasteiger partial charge on any atom is 0.243 e. The predicted molar refractivity (Wildman–Crippen MR) is 102 cm³/mol. The largest absolute Gasteiger partial charge is 0.361 e. The molecule has 1 unspecified atom stereocenters. The summed E-state index contributed by atoms with van der Waals surface area (Å²) in [7, 11) is -3.55. The van der Waals surface area contributed by atoms with Crippen LogP contribution in [0.1, 0.15) is 69.2 Å². The highest BCUT2D eigenvalue weighted by molar-refractivity contribution is 7.89. The Balaban J connectivity index is 1.97. The van der Waals surface area contributed by atoms with Crippen molar-refractivity contribution in [1.29, 1.82) is 0 Å². The smallest absolute Gasteiger partial charge is 0.243 e. The van der Waals surface area contributed by atoms with Crippen molar-refractivity contribution < 1.29 is 12.9 Å². The van der Waals surface area contributed by atoms with Crippen LogP contribution in [0, 0.1) is 6.92 Å². The van der Waals surface area contributed by atoms with Crippen molar-refractivity contribution >= 4 is 10.0 Å². The second kappa shape index (κ2) is 6.82. The molecule has 5 nitrogen and oxygen atoms in total. The van der Waals surface area contributed by atoms with E-state index in [-0.39, 0.29) is 11.5 Å². The molecule has 0 spiro atoms. The van der Waals surface area contributed by atoms with E-state index in [1.165, 1.54) is 0 Å². The van der Waals surface area contributed by atoms with Gasteiger partial charge in [-0.15, -0.1) is 0 Å². The summed E-state index contributed by atoms with van der Waals surface area (Å²) in [5.74, 6) is 0.790. The molecular formula is C20H28N2O3S. The summed E-state index contributed by atoms with van der Waals surface area (Å²) in [6, 6.07) is 7.10. The molecule has 1 fully saturated rings. The van der Waals surface area contributed by atoms with Crippen molar-refractivity contribution in [2.75, 3.05) is 6.54 Å². The van der Waals surface area contributed by atoms with Gasteiger partial charge in [0.15, 0.2) is 0 Å². The summed E-state index contributed by atoms with van der Waals surface area (Å²) in [5, 5.41) is 4.06. The van der Waals surface area contributed by atoms with Gasteiger partial charge in [0.2, 0.25) is 10.0 Å². The van der Waals surface area contributed by atoms with Gasteiger partial charge in [-0.1, -0.05) is 45.0 Å². The van der Waals surface area contributed by atoms with E-state index in [2.05, 4.69) is 25.9 Å². The summed E-state index contributed by atoms with van der Waals surface area (Å²) >= 11 is 0. The van der Waals surface area contributed by atoms with E-state index in [0.29, 0.717) is 17.9 Å². The van der Waals surface area contributed by atoms with Crippen molar-refractivity contribution in [3.8, 4) is 0 Å². The summed E-state index contributed by atoms with van der Waals surface area (Å²) < 4.78 is 33.6. The SMILES string of the molecule is CCc1onc(C)c1C1CCCN1S(=O)(=O)c1ccc(C(C)(C)C)cc1. The minimum Gasteiger partial charge on any atom is -0.361 e. The van der Waals surface area contributed by atoms with Crippen molar-refractivity contribution in [2.45, 2.75) is 70.2 Å². The van der Waals surface area contributed by atoms with Crippen LogP contribution in [-0.4, -0.2) is 24.4 Å². The standard InChI is InChI=1S/C20H28N2O3S/c1-6-18-19(14(2)21-25-18)17-8-7-13-22(17)26(23,24)16-11-9-15(10-12-16)20(3,4)5/h9-12,17H,6-8,13H2,1-5H3. The topological polar surface area (TPSA) is 63.4 Å².